The average molecular weight is 320 g/mol. The highest BCUT2D eigenvalue weighted by atomic mass is 32.2. The minimum absolute atomic E-state index is 0.138. The molecule has 5 nitrogen and oxygen atoms in total. The van der Waals surface area contributed by atoms with Gasteiger partial charge in [-0.2, -0.15) is 0 Å². The first-order chi connectivity index (χ1) is 9.86. The van der Waals surface area contributed by atoms with E-state index in [0.717, 1.165) is 25.0 Å². The van der Waals surface area contributed by atoms with Crippen LogP contribution in [0.5, 0.6) is 0 Å². The molecule has 0 spiro atoms. The second-order valence-corrected chi connectivity index (χ2v) is 6.91. The van der Waals surface area contributed by atoms with Gasteiger partial charge in [0.2, 0.25) is 10.0 Å². The highest BCUT2D eigenvalue weighted by molar-refractivity contribution is 7.89. The molecule has 1 aromatic carbocycles. The summed E-state index contributed by atoms with van der Waals surface area (Å²) in [5, 5.41) is 9.29. The molecule has 4 N–H and O–H groups in total. The van der Waals surface area contributed by atoms with Crippen molar-refractivity contribution in [2.45, 2.75) is 36.6 Å². The minimum Gasteiger partial charge on any atom is -0.396 e. The maximum Gasteiger partial charge on any atom is 0.243 e. The van der Waals surface area contributed by atoms with Crippen LogP contribution in [0, 0.1) is 17.6 Å². The Morgan fingerprint density at radius 2 is 1.95 bits per heavy atom. The van der Waals surface area contributed by atoms with Gasteiger partial charge in [-0.1, -0.05) is 12.8 Å². The molecule has 1 aliphatic rings. The predicted octanol–water partition coefficient (Wildman–Crippen LogP) is 1.38. The maximum absolute atomic E-state index is 13.9. The van der Waals surface area contributed by atoms with Crippen LogP contribution in [0.15, 0.2) is 17.0 Å². The van der Waals surface area contributed by atoms with Gasteiger partial charge in [-0.3, -0.25) is 0 Å². The summed E-state index contributed by atoms with van der Waals surface area (Å²) in [5.41, 5.74) is 4.36. The normalized spacial score (nSPS) is 23.2. The van der Waals surface area contributed by atoms with E-state index in [1.165, 1.54) is 0 Å². The number of aliphatic hydroxyl groups excluding tert-OH is 1. The third-order valence-corrected chi connectivity index (χ3v) is 5.34. The third-order valence-electron chi connectivity index (χ3n) is 3.83. The van der Waals surface area contributed by atoms with Crippen LogP contribution in [0.2, 0.25) is 0 Å². The van der Waals surface area contributed by atoms with E-state index in [2.05, 4.69) is 4.72 Å². The van der Waals surface area contributed by atoms with Crippen molar-refractivity contribution in [1.29, 1.82) is 0 Å². The van der Waals surface area contributed by atoms with Crippen molar-refractivity contribution in [3.05, 3.63) is 23.8 Å². The Bertz CT molecular complexity index is 622. The molecule has 2 atom stereocenters. The maximum atomic E-state index is 13.9. The Morgan fingerprint density at radius 1 is 1.29 bits per heavy atom. The molecule has 21 heavy (non-hydrogen) atoms. The molecule has 1 saturated carbocycles. The van der Waals surface area contributed by atoms with E-state index in [0.29, 0.717) is 12.8 Å². The van der Waals surface area contributed by atoms with Crippen molar-refractivity contribution in [3.8, 4) is 0 Å². The van der Waals surface area contributed by atoms with Gasteiger partial charge in [-0.25, -0.2) is 21.9 Å². The summed E-state index contributed by atoms with van der Waals surface area (Å²) in [7, 11) is -4.16. The van der Waals surface area contributed by atoms with Gasteiger partial charge >= 0.3 is 0 Å². The highest BCUT2D eigenvalue weighted by Gasteiger charge is 2.31. The third kappa shape index (κ3) is 3.33. The molecule has 1 fully saturated rings. The number of halogens is 2. The standard InChI is InChI=1S/C13H18F2N2O3S/c14-9-5-6-11(12(15)13(9)16)21(19,20)17-10-4-2-1-3-8(10)7-18/h5-6,8,10,17-18H,1-4,7,16H2. The van der Waals surface area contributed by atoms with Gasteiger partial charge in [0.15, 0.2) is 5.82 Å². The molecule has 2 unspecified atom stereocenters. The zero-order valence-electron chi connectivity index (χ0n) is 11.4. The van der Waals surface area contributed by atoms with E-state index in [9.17, 15) is 22.3 Å². The van der Waals surface area contributed by atoms with Crippen LogP contribution in [0.4, 0.5) is 14.5 Å². The summed E-state index contributed by atoms with van der Waals surface area (Å²) in [6.07, 6.45) is 3.03. The number of anilines is 1. The summed E-state index contributed by atoms with van der Waals surface area (Å²) >= 11 is 0. The quantitative estimate of drug-likeness (QED) is 0.731. The van der Waals surface area contributed by atoms with Gasteiger partial charge in [-0.15, -0.1) is 0 Å². The van der Waals surface area contributed by atoms with E-state index in [1.54, 1.807) is 0 Å². The lowest BCUT2D eigenvalue weighted by Crippen LogP contribution is -2.43. The Kier molecular flexibility index (Phi) is 4.80. The molecule has 0 bridgehead atoms. The molecular formula is C13H18F2N2O3S. The molecule has 0 heterocycles. The van der Waals surface area contributed by atoms with Crippen molar-refractivity contribution in [2.75, 3.05) is 12.3 Å². The lowest BCUT2D eigenvalue weighted by atomic mass is 9.86. The van der Waals surface area contributed by atoms with Crippen LogP contribution in [-0.2, 0) is 10.0 Å². The first kappa shape index (κ1) is 16.1. The SMILES string of the molecule is Nc1c(F)ccc(S(=O)(=O)NC2CCCCC2CO)c1F. The van der Waals surface area contributed by atoms with Crippen molar-refractivity contribution in [3.63, 3.8) is 0 Å². The van der Waals surface area contributed by atoms with Gasteiger partial charge < -0.3 is 10.8 Å². The first-order valence-electron chi connectivity index (χ1n) is 6.73. The van der Waals surface area contributed by atoms with Crippen molar-refractivity contribution < 1.29 is 22.3 Å². The zero-order valence-corrected chi connectivity index (χ0v) is 12.2. The van der Waals surface area contributed by atoms with Crippen molar-refractivity contribution in [1.82, 2.24) is 4.72 Å². The molecule has 0 aromatic heterocycles. The fraction of sp³-hybridized carbons (Fsp3) is 0.538. The number of nitrogen functional groups attached to an aromatic ring is 1. The van der Waals surface area contributed by atoms with Crippen LogP contribution < -0.4 is 10.5 Å². The zero-order chi connectivity index (χ0) is 15.6. The molecule has 2 rings (SSSR count). The number of sulfonamides is 1. The molecule has 8 heteroatoms. The summed E-state index contributed by atoms with van der Waals surface area (Å²) in [5.74, 6) is -2.49. The monoisotopic (exact) mass is 320 g/mol. The number of nitrogens with two attached hydrogens (primary N) is 1. The van der Waals surface area contributed by atoms with E-state index in [1.807, 2.05) is 0 Å². The van der Waals surface area contributed by atoms with Crippen LogP contribution >= 0.6 is 0 Å². The van der Waals surface area contributed by atoms with E-state index in [4.69, 9.17) is 5.73 Å². The average Bonchev–Trinajstić information content (AvgIpc) is 2.44. The molecule has 1 aliphatic carbocycles. The smallest absolute Gasteiger partial charge is 0.243 e. The molecule has 0 amide bonds. The van der Waals surface area contributed by atoms with Gasteiger partial charge in [-0.05, 0) is 30.9 Å². The molecule has 0 saturated heterocycles. The number of benzene rings is 1. The van der Waals surface area contributed by atoms with E-state index in [-0.39, 0.29) is 12.5 Å². The first-order valence-corrected chi connectivity index (χ1v) is 8.22. The van der Waals surface area contributed by atoms with Gasteiger partial charge in [0.25, 0.3) is 0 Å². The minimum atomic E-state index is -4.16. The Labute approximate surface area is 122 Å². The van der Waals surface area contributed by atoms with Crippen LogP contribution in [0.3, 0.4) is 0 Å². The lowest BCUT2D eigenvalue weighted by Gasteiger charge is -2.30. The van der Waals surface area contributed by atoms with Crippen LogP contribution in [-0.4, -0.2) is 26.2 Å². The Balaban J connectivity index is 2.28. The second kappa shape index (κ2) is 6.25. The van der Waals surface area contributed by atoms with Gasteiger partial charge in [0.05, 0.1) is 0 Å². The topological polar surface area (TPSA) is 92.4 Å². The molecule has 0 aliphatic heterocycles. The number of hydrogen-bond donors (Lipinski definition) is 3. The lowest BCUT2D eigenvalue weighted by molar-refractivity contribution is 0.164. The predicted molar refractivity (Wildman–Crippen MR) is 73.9 cm³/mol. The highest BCUT2D eigenvalue weighted by Crippen LogP contribution is 2.27. The number of aliphatic hydroxyl groups is 1. The second-order valence-electron chi connectivity index (χ2n) is 5.23. The summed E-state index contributed by atoms with van der Waals surface area (Å²) in [6.45, 7) is -0.138. The summed E-state index contributed by atoms with van der Waals surface area (Å²) in [6, 6.07) is 1.21. The molecule has 0 radical (unpaired) electrons. The van der Waals surface area contributed by atoms with Crippen molar-refractivity contribution >= 4 is 15.7 Å². The van der Waals surface area contributed by atoms with Crippen molar-refractivity contribution in [2.24, 2.45) is 5.92 Å². The summed E-state index contributed by atoms with van der Waals surface area (Å²) in [4.78, 5) is -0.677. The van der Waals surface area contributed by atoms with Crippen LogP contribution in [0.1, 0.15) is 25.7 Å². The van der Waals surface area contributed by atoms with E-state index < -0.39 is 38.3 Å². The summed E-state index contributed by atoms with van der Waals surface area (Å²) < 4.78 is 53.8. The fourth-order valence-corrected chi connectivity index (χ4v) is 4.03. The Morgan fingerprint density at radius 3 is 2.62 bits per heavy atom. The number of hydrogen-bond acceptors (Lipinski definition) is 4. The fourth-order valence-electron chi connectivity index (χ4n) is 2.60. The number of nitrogens with one attached hydrogen (secondary N) is 1. The number of rotatable bonds is 4. The Hall–Kier alpha value is -1.25. The molecule has 1 aromatic rings. The van der Waals surface area contributed by atoms with E-state index >= 15 is 0 Å². The molecule has 118 valence electrons. The largest absolute Gasteiger partial charge is 0.396 e. The van der Waals surface area contributed by atoms with Crippen LogP contribution in [0.25, 0.3) is 0 Å². The van der Waals surface area contributed by atoms with Gasteiger partial charge in [0, 0.05) is 12.6 Å². The molecular weight excluding hydrogens is 302 g/mol. The van der Waals surface area contributed by atoms with Gasteiger partial charge in [0.1, 0.15) is 16.4 Å².